The number of hydrogen-bond donors (Lipinski definition) is 0. The molecule has 0 amide bonds. The zero-order valence-corrected chi connectivity index (χ0v) is 11.6. The van der Waals surface area contributed by atoms with E-state index in [0.29, 0.717) is 0 Å². The van der Waals surface area contributed by atoms with Crippen LogP contribution in [-0.2, 0) is 4.79 Å². The van der Waals surface area contributed by atoms with Gasteiger partial charge in [0, 0.05) is 5.92 Å². The van der Waals surface area contributed by atoms with Crippen LogP contribution in [0.15, 0.2) is 0 Å². The summed E-state index contributed by atoms with van der Waals surface area (Å²) in [6, 6.07) is 0. The fourth-order valence-electron chi connectivity index (χ4n) is 1.73. The highest BCUT2D eigenvalue weighted by atomic mass is 35.5. The lowest BCUT2D eigenvalue weighted by Gasteiger charge is -2.49. The normalized spacial score (nSPS) is 30.1. The summed E-state index contributed by atoms with van der Waals surface area (Å²) in [4.78, 5) is 11.4. The molecular formula is C9H10Cl4F2O. The van der Waals surface area contributed by atoms with Gasteiger partial charge >= 0.3 is 5.38 Å². The highest BCUT2D eigenvalue weighted by molar-refractivity contribution is 6.53. The highest BCUT2D eigenvalue weighted by Gasteiger charge is 2.61. The van der Waals surface area contributed by atoms with Crippen molar-refractivity contribution in [2.45, 2.75) is 35.4 Å². The molecule has 1 rings (SSSR count). The molecule has 0 aromatic carbocycles. The van der Waals surface area contributed by atoms with Crippen LogP contribution in [0.3, 0.4) is 0 Å². The van der Waals surface area contributed by atoms with Crippen LogP contribution >= 0.6 is 46.4 Å². The number of halogens is 6. The Morgan fingerprint density at radius 1 is 1.31 bits per heavy atom. The van der Waals surface area contributed by atoms with Crippen LogP contribution in [0.25, 0.3) is 0 Å². The highest BCUT2D eigenvalue weighted by Crippen LogP contribution is 2.55. The fourth-order valence-corrected chi connectivity index (χ4v) is 2.42. The lowest BCUT2D eigenvalue weighted by molar-refractivity contribution is -0.140. The molecule has 0 bridgehead atoms. The van der Waals surface area contributed by atoms with Gasteiger partial charge in [-0.15, -0.1) is 11.6 Å². The first-order valence-corrected chi connectivity index (χ1v) is 6.10. The van der Waals surface area contributed by atoms with Crippen molar-refractivity contribution in [3.63, 3.8) is 0 Å². The average Bonchev–Trinajstić information content (AvgIpc) is 2.10. The lowest BCUT2D eigenvalue weighted by Crippen LogP contribution is -2.58. The molecule has 1 fully saturated rings. The molecule has 16 heavy (non-hydrogen) atoms. The molecule has 1 nitrogen and oxygen atoms in total. The number of alkyl halides is 6. The summed E-state index contributed by atoms with van der Waals surface area (Å²) >= 11 is 21.5. The second-order valence-corrected chi connectivity index (χ2v) is 6.94. The average molecular weight is 314 g/mol. The molecule has 0 N–H and O–H groups in total. The molecule has 0 aromatic rings. The molecule has 0 aromatic heterocycles. The Morgan fingerprint density at radius 2 is 1.75 bits per heavy atom. The maximum Gasteiger partial charge on any atom is 0.354 e. The lowest BCUT2D eigenvalue weighted by atomic mass is 9.59. The summed E-state index contributed by atoms with van der Waals surface area (Å²) in [6.45, 7) is 3.40. The van der Waals surface area contributed by atoms with Gasteiger partial charge in [0.1, 0.15) is 0 Å². The number of hydrogen-bond acceptors (Lipinski definition) is 1. The Labute approximate surface area is 112 Å². The molecule has 2 unspecified atom stereocenters. The second-order valence-electron chi connectivity index (χ2n) is 4.55. The summed E-state index contributed by atoms with van der Waals surface area (Å²) in [5.74, 6) is -1.02. The first kappa shape index (κ1) is 14.7. The quantitative estimate of drug-likeness (QED) is 0.713. The van der Waals surface area contributed by atoms with Crippen LogP contribution in [0.1, 0.15) is 20.3 Å². The van der Waals surface area contributed by atoms with Crippen LogP contribution in [0.5, 0.6) is 0 Å². The Hall–Kier alpha value is 0.690. The van der Waals surface area contributed by atoms with E-state index < -0.39 is 32.8 Å². The minimum Gasteiger partial charge on any atom is -0.298 e. The number of carbonyl (C=O) groups is 1. The largest absolute Gasteiger partial charge is 0.354 e. The Bertz CT molecular complexity index is 311. The van der Waals surface area contributed by atoms with Crippen LogP contribution in [0.4, 0.5) is 8.78 Å². The van der Waals surface area contributed by atoms with Gasteiger partial charge in [0.05, 0.1) is 5.38 Å². The van der Waals surface area contributed by atoms with Crippen molar-refractivity contribution in [1.29, 1.82) is 0 Å². The van der Waals surface area contributed by atoms with E-state index in [4.69, 9.17) is 46.4 Å². The first-order chi connectivity index (χ1) is 6.91. The van der Waals surface area contributed by atoms with E-state index in [1.807, 2.05) is 0 Å². The topological polar surface area (TPSA) is 17.1 Å². The minimum atomic E-state index is -3.79. The van der Waals surface area contributed by atoms with Crippen molar-refractivity contribution in [1.82, 2.24) is 0 Å². The number of rotatable bonds is 3. The van der Waals surface area contributed by atoms with Gasteiger partial charge in [-0.3, -0.25) is 4.79 Å². The first-order valence-electron chi connectivity index (χ1n) is 4.53. The second kappa shape index (κ2) is 4.11. The molecule has 94 valence electrons. The van der Waals surface area contributed by atoms with Crippen LogP contribution in [0.2, 0.25) is 0 Å². The van der Waals surface area contributed by atoms with Gasteiger partial charge in [0.25, 0.3) is 0 Å². The summed E-state index contributed by atoms with van der Waals surface area (Å²) in [5, 5.41) is -4.48. The molecule has 7 heteroatoms. The number of ketones is 1. The van der Waals surface area contributed by atoms with Crippen molar-refractivity contribution in [2.24, 2.45) is 11.3 Å². The van der Waals surface area contributed by atoms with Gasteiger partial charge in [-0.2, -0.15) is 8.78 Å². The predicted molar refractivity (Wildman–Crippen MR) is 61.8 cm³/mol. The van der Waals surface area contributed by atoms with Crippen molar-refractivity contribution < 1.29 is 13.6 Å². The SMILES string of the molecule is CC1(C)C(Cl)C(=O)C1CC(Cl)(Cl)C(F)(F)Cl. The van der Waals surface area contributed by atoms with E-state index in [1.165, 1.54) is 0 Å². The van der Waals surface area contributed by atoms with Crippen molar-refractivity contribution in [3.8, 4) is 0 Å². The monoisotopic (exact) mass is 312 g/mol. The molecule has 0 heterocycles. The van der Waals surface area contributed by atoms with Gasteiger partial charge in [-0.25, -0.2) is 0 Å². The van der Waals surface area contributed by atoms with Crippen LogP contribution in [0, 0.1) is 11.3 Å². The van der Waals surface area contributed by atoms with Crippen molar-refractivity contribution in [2.75, 3.05) is 0 Å². The number of Topliss-reactive ketones (excluding diaryl/α,β-unsaturated/α-hetero) is 1. The predicted octanol–water partition coefficient (Wildman–Crippen LogP) is 4.21. The molecule has 1 saturated carbocycles. The van der Waals surface area contributed by atoms with E-state index in [1.54, 1.807) is 13.8 Å². The Balaban J connectivity index is 2.81. The van der Waals surface area contributed by atoms with Crippen LogP contribution < -0.4 is 0 Å². The molecule has 0 aliphatic heterocycles. The zero-order chi connectivity index (χ0) is 12.9. The summed E-state index contributed by atoms with van der Waals surface area (Å²) in [5.41, 5.74) is -0.601. The zero-order valence-electron chi connectivity index (χ0n) is 8.54. The van der Waals surface area contributed by atoms with Gasteiger partial charge in [-0.1, -0.05) is 37.0 Å². The Kier molecular flexibility index (Phi) is 3.79. The molecule has 1 aliphatic rings. The van der Waals surface area contributed by atoms with Gasteiger partial charge in [0.15, 0.2) is 10.1 Å². The van der Waals surface area contributed by atoms with E-state index in [2.05, 4.69) is 0 Å². The fraction of sp³-hybridized carbons (Fsp3) is 0.889. The van der Waals surface area contributed by atoms with E-state index in [9.17, 15) is 13.6 Å². The standard InChI is InChI=1S/C9H10Cl4F2O/c1-7(2)4(5(16)6(7)10)3-8(11,12)9(13,14)15/h4,6H,3H2,1-2H3. The van der Waals surface area contributed by atoms with E-state index in [-0.39, 0.29) is 5.78 Å². The van der Waals surface area contributed by atoms with E-state index in [0.717, 1.165) is 0 Å². The van der Waals surface area contributed by atoms with Gasteiger partial charge < -0.3 is 0 Å². The maximum absolute atomic E-state index is 12.9. The minimum absolute atomic E-state index is 0.321. The maximum atomic E-state index is 12.9. The molecular weight excluding hydrogens is 304 g/mol. The summed E-state index contributed by atoms with van der Waals surface area (Å²) < 4.78 is 23.2. The smallest absolute Gasteiger partial charge is 0.298 e. The molecule has 0 radical (unpaired) electrons. The number of carbonyl (C=O) groups excluding carboxylic acids is 1. The molecule has 0 spiro atoms. The Morgan fingerprint density at radius 3 is 2.06 bits per heavy atom. The van der Waals surface area contributed by atoms with Gasteiger partial charge in [-0.05, 0) is 23.4 Å². The molecule has 2 atom stereocenters. The van der Waals surface area contributed by atoms with E-state index >= 15 is 0 Å². The van der Waals surface area contributed by atoms with Gasteiger partial charge in [0.2, 0.25) is 0 Å². The molecule has 0 saturated heterocycles. The third-order valence-corrected chi connectivity index (χ3v) is 5.10. The third kappa shape index (κ3) is 2.29. The van der Waals surface area contributed by atoms with Crippen molar-refractivity contribution in [3.05, 3.63) is 0 Å². The van der Waals surface area contributed by atoms with Crippen LogP contribution in [-0.4, -0.2) is 20.9 Å². The third-order valence-electron chi connectivity index (χ3n) is 3.02. The summed E-state index contributed by atoms with van der Waals surface area (Å²) in [7, 11) is 0. The van der Waals surface area contributed by atoms with Crippen molar-refractivity contribution >= 4 is 52.2 Å². The summed E-state index contributed by atoms with van der Waals surface area (Å²) in [6.07, 6.45) is -0.415. The molecule has 1 aliphatic carbocycles.